The van der Waals surface area contributed by atoms with Crippen molar-refractivity contribution < 1.29 is 13.2 Å². The normalized spacial score (nSPS) is 19.4. The lowest BCUT2D eigenvalue weighted by Crippen LogP contribution is -2.32. The molecule has 2 rings (SSSR count). The summed E-state index contributed by atoms with van der Waals surface area (Å²) in [5.41, 5.74) is 6.36. The minimum atomic E-state index is -3.64. The van der Waals surface area contributed by atoms with Crippen LogP contribution < -0.4 is 15.8 Å². The molecule has 0 aliphatic carbocycles. The second-order valence-electron chi connectivity index (χ2n) is 4.71. The van der Waals surface area contributed by atoms with E-state index in [2.05, 4.69) is 10.0 Å². The van der Waals surface area contributed by atoms with Crippen LogP contribution in [0.25, 0.3) is 0 Å². The number of nitrogen functional groups attached to an aromatic ring is 1. The number of likely N-dealkylation sites (tertiary alicyclic amines) is 1. The van der Waals surface area contributed by atoms with E-state index in [4.69, 9.17) is 5.73 Å². The van der Waals surface area contributed by atoms with Gasteiger partial charge in [-0.2, -0.15) is 0 Å². The maximum Gasteiger partial charge on any atom is 0.244 e. The average Bonchev–Trinajstić information content (AvgIpc) is 2.72. The van der Waals surface area contributed by atoms with E-state index >= 15 is 0 Å². The number of hydrogen-bond donors (Lipinski definition) is 3. The lowest BCUT2D eigenvalue weighted by Gasteiger charge is -2.17. The molecule has 110 valence electrons. The van der Waals surface area contributed by atoms with Gasteiger partial charge in [-0.3, -0.25) is 4.79 Å². The molecule has 1 amide bonds. The van der Waals surface area contributed by atoms with Crippen molar-refractivity contribution in [1.29, 1.82) is 0 Å². The van der Waals surface area contributed by atoms with E-state index in [0.717, 1.165) is 0 Å². The number of nitrogens with two attached hydrogens (primary N) is 1. The van der Waals surface area contributed by atoms with Gasteiger partial charge in [0.25, 0.3) is 0 Å². The van der Waals surface area contributed by atoms with E-state index < -0.39 is 16.1 Å². The first-order valence-electron chi connectivity index (χ1n) is 6.20. The second-order valence-corrected chi connectivity index (χ2v) is 6.56. The van der Waals surface area contributed by atoms with E-state index in [0.29, 0.717) is 24.3 Å². The van der Waals surface area contributed by atoms with Crippen molar-refractivity contribution in [3.8, 4) is 0 Å². The first-order chi connectivity index (χ1) is 9.35. The van der Waals surface area contributed by atoms with E-state index in [1.807, 2.05) is 0 Å². The van der Waals surface area contributed by atoms with Gasteiger partial charge in [-0.25, -0.2) is 13.1 Å². The largest absolute Gasteiger partial charge is 0.399 e. The summed E-state index contributed by atoms with van der Waals surface area (Å²) in [4.78, 5) is 13.5. The number of carbonyl (C=O) groups excluding carboxylic acids is 1. The Kier molecular flexibility index (Phi) is 3.87. The maximum absolute atomic E-state index is 12.0. The average molecular weight is 298 g/mol. The number of likely N-dealkylation sites (N-methyl/N-ethyl adjacent to an activating group) is 1. The first-order valence-corrected chi connectivity index (χ1v) is 7.68. The lowest BCUT2D eigenvalue weighted by atomic mass is 10.2. The van der Waals surface area contributed by atoms with Crippen LogP contribution in [-0.4, -0.2) is 45.9 Å². The monoisotopic (exact) mass is 298 g/mol. The summed E-state index contributed by atoms with van der Waals surface area (Å²) < 4.78 is 26.2. The van der Waals surface area contributed by atoms with Gasteiger partial charge in [0, 0.05) is 19.3 Å². The highest BCUT2D eigenvalue weighted by atomic mass is 32.2. The van der Waals surface area contributed by atoms with E-state index in [1.54, 1.807) is 24.1 Å². The fourth-order valence-corrected chi connectivity index (χ4v) is 3.06. The molecule has 8 heteroatoms. The van der Waals surface area contributed by atoms with E-state index in [1.165, 1.54) is 13.1 Å². The van der Waals surface area contributed by atoms with E-state index in [9.17, 15) is 13.2 Å². The van der Waals surface area contributed by atoms with Crippen LogP contribution in [0.15, 0.2) is 23.1 Å². The van der Waals surface area contributed by atoms with Gasteiger partial charge >= 0.3 is 0 Å². The van der Waals surface area contributed by atoms with Crippen LogP contribution in [0.4, 0.5) is 11.4 Å². The smallest absolute Gasteiger partial charge is 0.244 e. The number of nitrogens with one attached hydrogen (secondary N) is 2. The Morgan fingerprint density at radius 2 is 2.10 bits per heavy atom. The molecule has 1 heterocycles. The van der Waals surface area contributed by atoms with Crippen LogP contribution in [0.2, 0.25) is 0 Å². The third-order valence-corrected chi connectivity index (χ3v) is 4.78. The Morgan fingerprint density at radius 1 is 1.40 bits per heavy atom. The Hall–Kier alpha value is -1.80. The molecule has 1 aromatic carbocycles. The van der Waals surface area contributed by atoms with Gasteiger partial charge in [0.2, 0.25) is 15.9 Å². The Bertz CT molecular complexity index is 630. The van der Waals surface area contributed by atoms with Crippen molar-refractivity contribution in [2.75, 3.05) is 31.7 Å². The minimum Gasteiger partial charge on any atom is -0.399 e. The molecule has 0 spiro atoms. The minimum absolute atomic E-state index is 0.0438. The summed E-state index contributed by atoms with van der Waals surface area (Å²) in [6.07, 6.45) is 0.638. The zero-order valence-electron chi connectivity index (χ0n) is 11.4. The molecule has 1 aliphatic heterocycles. The molecule has 1 aromatic rings. The summed E-state index contributed by atoms with van der Waals surface area (Å²) in [6, 6.07) is 4.14. The highest BCUT2D eigenvalue weighted by Gasteiger charge is 2.30. The SMILES string of the molecule is CNS(=O)(=O)c1cc(N)ccc1NC1CCN(C)C1=O. The Labute approximate surface area is 118 Å². The third-order valence-electron chi connectivity index (χ3n) is 3.32. The van der Waals surface area contributed by atoms with Gasteiger partial charge < -0.3 is 16.0 Å². The van der Waals surface area contributed by atoms with Crippen molar-refractivity contribution in [2.45, 2.75) is 17.4 Å². The number of anilines is 2. The summed E-state index contributed by atoms with van der Waals surface area (Å²) in [6.45, 7) is 0.652. The lowest BCUT2D eigenvalue weighted by molar-refractivity contribution is -0.127. The summed E-state index contributed by atoms with van der Waals surface area (Å²) >= 11 is 0. The predicted octanol–water partition coefficient (Wildman–Crippen LogP) is -0.180. The first kappa shape index (κ1) is 14.6. The standard InChI is InChI=1S/C12H18N4O3S/c1-14-20(18,19)11-7-8(13)3-4-9(11)15-10-5-6-16(2)12(10)17/h3-4,7,10,14-15H,5-6,13H2,1-2H3. The molecular weight excluding hydrogens is 280 g/mol. The number of benzene rings is 1. The van der Waals surface area contributed by atoms with Gasteiger partial charge in [-0.05, 0) is 31.7 Å². The molecule has 0 bridgehead atoms. The van der Waals surface area contributed by atoms with Gasteiger partial charge in [-0.15, -0.1) is 0 Å². The molecule has 1 atom stereocenters. The van der Waals surface area contributed by atoms with Gasteiger partial charge in [0.1, 0.15) is 10.9 Å². The molecule has 1 unspecified atom stereocenters. The molecule has 0 aromatic heterocycles. The van der Waals surface area contributed by atoms with Gasteiger partial charge in [0.15, 0.2) is 0 Å². The molecule has 7 nitrogen and oxygen atoms in total. The van der Waals surface area contributed by atoms with Crippen LogP contribution >= 0.6 is 0 Å². The summed E-state index contributed by atoms with van der Waals surface area (Å²) in [5.74, 6) is -0.0466. The number of amides is 1. The van der Waals surface area contributed by atoms with Gasteiger partial charge in [0.05, 0.1) is 5.69 Å². The number of carbonyl (C=O) groups is 1. The zero-order chi connectivity index (χ0) is 14.9. The van der Waals surface area contributed by atoms with Crippen molar-refractivity contribution >= 4 is 27.3 Å². The van der Waals surface area contributed by atoms with Gasteiger partial charge in [-0.1, -0.05) is 0 Å². The third kappa shape index (κ3) is 2.70. The molecule has 1 aliphatic rings. The van der Waals surface area contributed by atoms with Crippen LogP contribution in [0.1, 0.15) is 6.42 Å². The number of sulfonamides is 1. The number of nitrogens with zero attached hydrogens (tertiary/aromatic N) is 1. The van der Waals surface area contributed by atoms with Crippen molar-refractivity contribution in [2.24, 2.45) is 0 Å². The molecule has 1 saturated heterocycles. The quantitative estimate of drug-likeness (QED) is 0.669. The van der Waals surface area contributed by atoms with Crippen LogP contribution in [0, 0.1) is 0 Å². The van der Waals surface area contributed by atoms with Crippen LogP contribution in [0.3, 0.4) is 0 Å². The fourth-order valence-electron chi connectivity index (χ4n) is 2.13. The number of hydrogen-bond acceptors (Lipinski definition) is 5. The van der Waals surface area contributed by atoms with E-state index in [-0.39, 0.29) is 10.8 Å². The van der Waals surface area contributed by atoms with Crippen molar-refractivity contribution in [3.63, 3.8) is 0 Å². The molecule has 0 saturated carbocycles. The fraction of sp³-hybridized carbons (Fsp3) is 0.417. The molecule has 1 fully saturated rings. The summed E-state index contributed by atoms with van der Waals surface area (Å²) in [5, 5.41) is 2.99. The van der Waals surface area contributed by atoms with Crippen molar-refractivity contribution in [1.82, 2.24) is 9.62 Å². The second kappa shape index (κ2) is 5.29. The highest BCUT2D eigenvalue weighted by molar-refractivity contribution is 7.89. The van der Waals surface area contributed by atoms with Crippen LogP contribution in [-0.2, 0) is 14.8 Å². The highest BCUT2D eigenvalue weighted by Crippen LogP contribution is 2.26. The Balaban J connectivity index is 2.35. The molecule has 0 radical (unpaired) electrons. The number of rotatable bonds is 4. The molecular formula is C12H18N4O3S. The Morgan fingerprint density at radius 3 is 2.65 bits per heavy atom. The maximum atomic E-state index is 12.0. The topological polar surface area (TPSA) is 105 Å². The van der Waals surface area contributed by atoms with Crippen molar-refractivity contribution in [3.05, 3.63) is 18.2 Å². The zero-order valence-corrected chi connectivity index (χ0v) is 12.2. The summed E-state index contributed by atoms with van der Waals surface area (Å²) in [7, 11) is -0.591. The molecule has 20 heavy (non-hydrogen) atoms. The predicted molar refractivity (Wildman–Crippen MR) is 76.8 cm³/mol. The van der Waals surface area contributed by atoms with Crippen LogP contribution in [0.5, 0.6) is 0 Å². The molecule has 4 N–H and O–H groups in total.